The van der Waals surface area contributed by atoms with Crippen LogP contribution in [0.15, 0.2) is 12.1 Å². The molecule has 54 valence electrons. The van der Waals surface area contributed by atoms with E-state index in [4.69, 9.17) is 0 Å². The molecule has 0 heterocycles. The highest BCUT2D eigenvalue weighted by Crippen LogP contribution is 2.16. The molecule has 1 aromatic carbocycles. The van der Waals surface area contributed by atoms with Gasteiger partial charge in [-0.25, -0.2) is 0 Å². The van der Waals surface area contributed by atoms with Crippen LogP contribution in [-0.2, 0) is 0 Å². The Labute approximate surface area is 75.8 Å². The second kappa shape index (κ2) is 2.91. The van der Waals surface area contributed by atoms with E-state index in [0.717, 1.165) is 0 Å². The number of aryl methyl sites for hydroxylation is 3. The van der Waals surface area contributed by atoms with E-state index in [1.165, 1.54) is 20.3 Å². The quantitative estimate of drug-likeness (QED) is 0.616. The number of halogens is 1. The first-order chi connectivity index (χ1) is 4.61. The van der Waals surface area contributed by atoms with Gasteiger partial charge in [0.1, 0.15) is 0 Å². The summed E-state index contributed by atoms with van der Waals surface area (Å²) in [6, 6.07) is 4.46. The highest BCUT2D eigenvalue weighted by atomic mass is 127. The van der Waals surface area contributed by atoms with Crippen LogP contribution in [0.4, 0.5) is 0 Å². The lowest BCUT2D eigenvalue weighted by atomic mass is 10.1. The van der Waals surface area contributed by atoms with Crippen molar-refractivity contribution in [1.29, 1.82) is 0 Å². The zero-order chi connectivity index (χ0) is 7.72. The summed E-state index contributed by atoms with van der Waals surface area (Å²) < 4.78 is 1.36. The lowest BCUT2D eigenvalue weighted by molar-refractivity contribution is 1.28. The van der Waals surface area contributed by atoms with E-state index >= 15 is 0 Å². The predicted molar refractivity (Wildman–Crippen MR) is 53.4 cm³/mol. The van der Waals surface area contributed by atoms with Crippen molar-refractivity contribution in [2.24, 2.45) is 0 Å². The van der Waals surface area contributed by atoms with Crippen LogP contribution in [0.25, 0.3) is 0 Å². The molecule has 0 aliphatic carbocycles. The summed E-state index contributed by atoms with van der Waals surface area (Å²) in [5.74, 6) is 0. The molecule has 1 heteroatoms. The van der Waals surface area contributed by atoms with Gasteiger partial charge in [-0.2, -0.15) is 0 Å². The third-order valence-corrected chi connectivity index (χ3v) is 2.94. The first-order valence-electron chi connectivity index (χ1n) is 3.34. The van der Waals surface area contributed by atoms with Gasteiger partial charge < -0.3 is 0 Å². The molecule has 0 amide bonds. The molecule has 0 aliphatic rings. The van der Waals surface area contributed by atoms with Gasteiger partial charge in [-0.05, 0) is 66.1 Å². The van der Waals surface area contributed by atoms with E-state index in [0.29, 0.717) is 0 Å². The third-order valence-electron chi connectivity index (χ3n) is 1.77. The molecule has 1 aromatic rings. The fourth-order valence-electron chi connectivity index (χ4n) is 0.925. The van der Waals surface area contributed by atoms with E-state index in [-0.39, 0.29) is 0 Å². The third kappa shape index (κ3) is 1.51. The highest BCUT2D eigenvalue weighted by molar-refractivity contribution is 14.1. The van der Waals surface area contributed by atoms with Crippen molar-refractivity contribution in [2.45, 2.75) is 20.8 Å². The average molecular weight is 246 g/mol. The second-order valence-corrected chi connectivity index (χ2v) is 3.85. The standard InChI is InChI=1S/C9H11I/c1-6-4-8(3)9(10)5-7(6)2/h4-5H,1-3H3. The normalized spacial score (nSPS) is 10.0. The van der Waals surface area contributed by atoms with Gasteiger partial charge in [0, 0.05) is 3.57 Å². The summed E-state index contributed by atoms with van der Waals surface area (Å²) in [4.78, 5) is 0. The summed E-state index contributed by atoms with van der Waals surface area (Å²) in [5.41, 5.74) is 4.15. The van der Waals surface area contributed by atoms with Crippen LogP contribution in [0, 0.1) is 24.3 Å². The van der Waals surface area contributed by atoms with Gasteiger partial charge in [0.15, 0.2) is 0 Å². The van der Waals surface area contributed by atoms with Gasteiger partial charge >= 0.3 is 0 Å². The molecule has 0 aliphatic heterocycles. The maximum Gasteiger partial charge on any atom is 0.0162 e. The highest BCUT2D eigenvalue weighted by Gasteiger charge is 1.96. The van der Waals surface area contributed by atoms with Crippen LogP contribution in [-0.4, -0.2) is 0 Å². The zero-order valence-corrected chi connectivity index (χ0v) is 8.69. The Kier molecular flexibility index (Phi) is 2.34. The molecule has 0 fully saturated rings. The number of hydrogen-bond acceptors (Lipinski definition) is 0. The maximum atomic E-state index is 2.37. The van der Waals surface area contributed by atoms with E-state index in [1.807, 2.05) is 0 Å². The van der Waals surface area contributed by atoms with Crippen molar-refractivity contribution in [2.75, 3.05) is 0 Å². The van der Waals surface area contributed by atoms with E-state index in [9.17, 15) is 0 Å². The van der Waals surface area contributed by atoms with Crippen molar-refractivity contribution < 1.29 is 0 Å². The minimum Gasteiger partial charge on any atom is -0.0551 e. The number of rotatable bonds is 0. The van der Waals surface area contributed by atoms with Crippen LogP contribution in [0.5, 0.6) is 0 Å². The van der Waals surface area contributed by atoms with Gasteiger partial charge in [-0.3, -0.25) is 0 Å². The summed E-state index contributed by atoms with van der Waals surface area (Å²) >= 11 is 2.37. The SMILES string of the molecule is Cc1cc(C)c(I)cc1C. The van der Waals surface area contributed by atoms with E-state index in [1.54, 1.807) is 0 Å². The Morgan fingerprint density at radius 1 is 0.900 bits per heavy atom. The smallest absolute Gasteiger partial charge is 0.0162 e. The molecular weight excluding hydrogens is 235 g/mol. The molecule has 0 atom stereocenters. The van der Waals surface area contributed by atoms with Crippen molar-refractivity contribution in [3.05, 3.63) is 32.4 Å². The van der Waals surface area contributed by atoms with Gasteiger partial charge in [-0.15, -0.1) is 0 Å². The van der Waals surface area contributed by atoms with Crippen LogP contribution in [0.3, 0.4) is 0 Å². The first-order valence-corrected chi connectivity index (χ1v) is 4.42. The maximum absolute atomic E-state index is 2.37. The zero-order valence-electron chi connectivity index (χ0n) is 6.53. The molecule has 0 unspecified atom stereocenters. The predicted octanol–water partition coefficient (Wildman–Crippen LogP) is 3.22. The van der Waals surface area contributed by atoms with Crippen molar-refractivity contribution >= 4 is 22.6 Å². The molecule has 0 spiro atoms. The number of hydrogen-bond donors (Lipinski definition) is 0. The van der Waals surface area contributed by atoms with Crippen LogP contribution < -0.4 is 0 Å². The van der Waals surface area contributed by atoms with Gasteiger partial charge in [0.05, 0.1) is 0 Å². The molecule has 0 radical (unpaired) electrons. The minimum atomic E-state index is 1.36. The lowest BCUT2D eigenvalue weighted by Crippen LogP contribution is -1.85. The topological polar surface area (TPSA) is 0 Å². The van der Waals surface area contributed by atoms with E-state index < -0.39 is 0 Å². The largest absolute Gasteiger partial charge is 0.0551 e. The molecule has 0 saturated carbocycles. The van der Waals surface area contributed by atoms with Gasteiger partial charge in [0.2, 0.25) is 0 Å². The van der Waals surface area contributed by atoms with Crippen LogP contribution in [0.1, 0.15) is 16.7 Å². The molecule has 0 bridgehead atoms. The summed E-state index contributed by atoms with van der Waals surface area (Å²) in [6.45, 7) is 6.45. The van der Waals surface area contributed by atoms with Crippen molar-refractivity contribution in [1.82, 2.24) is 0 Å². The Balaban J connectivity index is 3.28. The summed E-state index contributed by atoms with van der Waals surface area (Å²) in [7, 11) is 0. The Hall–Kier alpha value is -0.0500. The van der Waals surface area contributed by atoms with Crippen molar-refractivity contribution in [3.8, 4) is 0 Å². The van der Waals surface area contributed by atoms with Crippen LogP contribution >= 0.6 is 22.6 Å². The lowest BCUT2D eigenvalue weighted by Gasteiger charge is -2.02. The van der Waals surface area contributed by atoms with Gasteiger partial charge in [0.25, 0.3) is 0 Å². The average Bonchev–Trinajstić information content (AvgIpc) is 1.84. The second-order valence-electron chi connectivity index (χ2n) is 2.69. The number of benzene rings is 1. The molecule has 0 N–H and O–H groups in total. The fourth-order valence-corrected chi connectivity index (χ4v) is 1.55. The molecule has 0 aromatic heterocycles. The Morgan fingerprint density at radius 2 is 1.40 bits per heavy atom. The minimum absolute atomic E-state index is 1.36. The molecule has 10 heavy (non-hydrogen) atoms. The monoisotopic (exact) mass is 246 g/mol. The Morgan fingerprint density at radius 3 is 1.90 bits per heavy atom. The van der Waals surface area contributed by atoms with E-state index in [2.05, 4.69) is 55.5 Å². The fraction of sp³-hybridized carbons (Fsp3) is 0.333. The summed E-state index contributed by atoms with van der Waals surface area (Å²) in [5, 5.41) is 0. The Bertz CT molecular complexity index is 201. The molecule has 1 rings (SSSR count). The molecule has 0 nitrogen and oxygen atoms in total. The first kappa shape index (κ1) is 8.05. The molecule has 0 saturated heterocycles. The van der Waals surface area contributed by atoms with Crippen LogP contribution in [0.2, 0.25) is 0 Å². The molecular formula is C9H11I. The summed E-state index contributed by atoms with van der Waals surface area (Å²) in [6.07, 6.45) is 0. The van der Waals surface area contributed by atoms with Crippen molar-refractivity contribution in [3.63, 3.8) is 0 Å². The van der Waals surface area contributed by atoms with Gasteiger partial charge in [-0.1, -0.05) is 6.07 Å².